The average molecular weight is 416 g/mol. The summed E-state index contributed by atoms with van der Waals surface area (Å²) >= 11 is 5.75. The van der Waals surface area contributed by atoms with Gasteiger partial charge in [-0.1, -0.05) is 72.8 Å². The van der Waals surface area contributed by atoms with Crippen LogP contribution in [0.15, 0.2) is 78.9 Å². The third-order valence-corrected chi connectivity index (χ3v) is 6.19. The highest BCUT2D eigenvalue weighted by atomic mass is 32.1. The number of nitrogens with zero attached hydrogens (tertiary/aromatic N) is 2. The molecule has 0 spiro atoms. The van der Waals surface area contributed by atoms with Crippen molar-refractivity contribution in [3.63, 3.8) is 0 Å². The van der Waals surface area contributed by atoms with Crippen LogP contribution in [0.5, 0.6) is 0 Å². The summed E-state index contributed by atoms with van der Waals surface area (Å²) < 4.78 is 0. The molecule has 4 heteroatoms. The Bertz CT molecular complexity index is 940. The Labute approximate surface area is 185 Å². The van der Waals surface area contributed by atoms with Crippen LogP contribution < -0.4 is 5.32 Å². The van der Waals surface area contributed by atoms with Crippen LogP contribution in [0.25, 0.3) is 0 Å². The second-order valence-electron chi connectivity index (χ2n) is 8.00. The lowest BCUT2D eigenvalue weighted by Crippen LogP contribution is -2.51. The van der Waals surface area contributed by atoms with Gasteiger partial charge in [0.05, 0.1) is 6.04 Å². The summed E-state index contributed by atoms with van der Waals surface area (Å²) in [5, 5.41) is 4.29. The zero-order valence-electron chi connectivity index (χ0n) is 17.7. The molecule has 1 aliphatic heterocycles. The van der Waals surface area contributed by atoms with Gasteiger partial charge in [-0.2, -0.15) is 0 Å². The quantitative estimate of drug-likeness (QED) is 0.574. The lowest BCUT2D eigenvalue weighted by molar-refractivity contribution is 0.151. The molecule has 1 N–H and O–H groups in total. The maximum atomic E-state index is 5.75. The average Bonchev–Trinajstić information content (AvgIpc) is 2.78. The van der Waals surface area contributed by atoms with Crippen LogP contribution in [0.2, 0.25) is 0 Å². The van der Waals surface area contributed by atoms with Gasteiger partial charge in [0.15, 0.2) is 5.11 Å². The molecule has 0 aliphatic carbocycles. The van der Waals surface area contributed by atoms with Crippen molar-refractivity contribution < 1.29 is 0 Å². The van der Waals surface area contributed by atoms with E-state index in [9.17, 15) is 0 Å². The highest BCUT2D eigenvalue weighted by molar-refractivity contribution is 7.80. The maximum absolute atomic E-state index is 5.75. The minimum atomic E-state index is 0.273. The molecule has 3 nitrogen and oxygen atoms in total. The summed E-state index contributed by atoms with van der Waals surface area (Å²) in [6.07, 6.45) is 0. The van der Waals surface area contributed by atoms with Crippen molar-refractivity contribution in [1.82, 2.24) is 9.80 Å². The number of hydrogen-bond donors (Lipinski definition) is 1. The van der Waals surface area contributed by atoms with Gasteiger partial charge in [-0.25, -0.2) is 0 Å². The molecule has 0 unspecified atom stereocenters. The fourth-order valence-electron chi connectivity index (χ4n) is 4.13. The van der Waals surface area contributed by atoms with Gasteiger partial charge in [-0.3, -0.25) is 4.90 Å². The fourth-order valence-corrected chi connectivity index (χ4v) is 4.43. The van der Waals surface area contributed by atoms with Crippen molar-refractivity contribution in [2.45, 2.75) is 19.9 Å². The van der Waals surface area contributed by atoms with Crippen LogP contribution in [0.3, 0.4) is 0 Å². The number of hydrogen-bond acceptors (Lipinski definition) is 2. The van der Waals surface area contributed by atoms with Crippen molar-refractivity contribution in [2.24, 2.45) is 0 Å². The van der Waals surface area contributed by atoms with E-state index in [1.807, 2.05) is 0 Å². The molecule has 30 heavy (non-hydrogen) atoms. The van der Waals surface area contributed by atoms with Crippen molar-refractivity contribution in [3.05, 3.63) is 101 Å². The first-order chi connectivity index (χ1) is 14.6. The molecule has 0 aromatic heterocycles. The molecule has 3 aromatic carbocycles. The van der Waals surface area contributed by atoms with Crippen LogP contribution in [0, 0.1) is 13.8 Å². The third kappa shape index (κ3) is 4.72. The predicted molar refractivity (Wildman–Crippen MR) is 130 cm³/mol. The molecule has 0 atom stereocenters. The highest BCUT2D eigenvalue weighted by Gasteiger charge is 2.27. The van der Waals surface area contributed by atoms with E-state index >= 15 is 0 Å². The predicted octanol–water partition coefficient (Wildman–Crippen LogP) is 5.41. The molecule has 4 rings (SSSR count). The number of benzene rings is 3. The zero-order chi connectivity index (χ0) is 20.9. The SMILES string of the molecule is Cc1ccc(C)c(NC(=S)N2CCN(C(c3ccccc3)c3ccccc3)CC2)c1. The summed E-state index contributed by atoms with van der Waals surface area (Å²) in [6, 6.07) is 28.3. The maximum Gasteiger partial charge on any atom is 0.173 e. The Morgan fingerprint density at radius 3 is 1.93 bits per heavy atom. The molecule has 0 radical (unpaired) electrons. The van der Waals surface area contributed by atoms with Crippen LogP contribution in [0.4, 0.5) is 5.69 Å². The van der Waals surface area contributed by atoms with Crippen molar-refractivity contribution in [2.75, 3.05) is 31.5 Å². The van der Waals surface area contributed by atoms with Gasteiger partial charge < -0.3 is 10.2 Å². The number of aryl methyl sites for hydroxylation is 2. The number of piperazine rings is 1. The molecule has 3 aromatic rings. The van der Waals surface area contributed by atoms with Gasteiger partial charge in [-0.15, -0.1) is 0 Å². The zero-order valence-corrected chi connectivity index (χ0v) is 18.5. The molecule has 1 fully saturated rings. The van der Waals surface area contributed by atoms with Gasteiger partial charge in [0, 0.05) is 31.9 Å². The van der Waals surface area contributed by atoms with E-state index in [1.54, 1.807) is 0 Å². The van der Waals surface area contributed by atoms with Crippen molar-refractivity contribution >= 4 is 23.0 Å². The molecule has 1 aliphatic rings. The van der Waals surface area contributed by atoms with E-state index in [4.69, 9.17) is 12.2 Å². The minimum absolute atomic E-state index is 0.273. The summed E-state index contributed by atoms with van der Waals surface area (Å²) in [4.78, 5) is 4.86. The molecule has 0 bridgehead atoms. The van der Waals surface area contributed by atoms with Gasteiger partial charge in [0.25, 0.3) is 0 Å². The minimum Gasteiger partial charge on any atom is -0.346 e. The second kappa shape index (κ2) is 9.41. The molecule has 0 saturated carbocycles. The number of thiocarbonyl (C=S) groups is 1. The molecular weight excluding hydrogens is 386 g/mol. The first-order valence-corrected chi connectivity index (χ1v) is 11.0. The summed E-state index contributed by atoms with van der Waals surface area (Å²) in [5.41, 5.74) is 6.24. The van der Waals surface area contributed by atoms with E-state index in [0.717, 1.165) is 37.0 Å². The Morgan fingerprint density at radius 2 is 1.37 bits per heavy atom. The normalized spacial score (nSPS) is 14.7. The number of anilines is 1. The Balaban J connectivity index is 1.46. The Hall–Kier alpha value is -2.69. The molecule has 1 heterocycles. The third-order valence-electron chi connectivity index (χ3n) is 5.83. The van der Waals surface area contributed by atoms with Gasteiger partial charge in [0.2, 0.25) is 0 Å². The molecule has 154 valence electrons. The van der Waals surface area contributed by atoms with Gasteiger partial charge in [0.1, 0.15) is 0 Å². The summed E-state index contributed by atoms with van der Waals surface area (Å²) in [7, 11) is 0. The van der Waals surface area contributed by atoms with E-state index in [2.05, 4.69) is 108 Å². The van der Waals surface area contributed by atoms with Gasteiger partial charge >= 0.3 is 0 Å². The van der Waals surface area contributed by atoms with Crippen LogP contribution in [0.1, 0.15) is 28.3 Å². The molecule has 1 saturated heterocycles. The first kappa shape index (κ1) is 20.6. The highest BCUT2D eigenvalue weighted by Crippen LogP contribution is 2.29. The second-order valence-corrected chi connectivity index (χ2v) is 8.38. The Kier molecular flexibility index (Phi) is 6.46. The first-order valence-electron chi connectivity index (χ1n) is 10.6. The Morgan fingerprint density at radius 1 is 0.800 bits per heavy atom. The van der Waals surface area contributed by atoms with E-state index in [1.165, 1.54) is 22.3 Å². The molecular formula is C26H29N3S. The van der Waals surface area contributed by atoms with Gasteiger partial charge in [-0.05, 0) is 54.4 Å². The number of nitrogens with one attached hydrogen (secondary N) is 1. The molecule has 0 amide bonds. The summed E-state index contributed by atoms with van der Waals surface area (Å²) in [6.45, 7) is 8.03. The van der Waals surface area contributed by atoms with E-state index in [-0.39, 0.29) is 6.04 Å². The monoisotopic (exact) mass is 415 g/mol. The largest absolute Gasteiger partial charge is 0.346 e. The van der Waals surface area contributed by atoms with Crippen molar-refractivity contribution in [1.29, 1.82) is 0 Å². The van der Waals surface area contributed by atoms with E-state index < -0.39 is 0 Å². The number of rotatable bonds is 4. The lowest BCUT2D eigenvalue weighted by Gasteiger charge is -2.40. The summed E-state index contributed by atoms with van der Waals surface area (Å²) in [5.74, 6) is 0. The van der Waals surface area contributed by atoms with Crippen LogP contribution in [-0.2, 0) is 0 Å². The topological polar surface area (TPSA) is 18.5 Å². The van der Waals surface area contributed by atoms with Crippen molar-refractivity contribution in [3.8, 4) is 0 Å². The lowest BCUT2D eigenvalue weighted by atomic mass is 9.96. The smallest absolute Gasteiger partial charge is 0.173 e. The van der Waals surface area contributed by atoms with Crippen LogP contribution in [-0.4, -0.2) is 41.1 Å². The fraction of sp³-hybridized carbons (Fsp3) is 0.269. The van der Waals surface area contributed by atoms with E-state index in [0.29, 0.717) is 0 Å². The standard InChI is InChI=1S/C26H29N3S/c1-20-13-14-21(2)24(19-20)27-26(30)29-17-15-28(16-18-29)25(22-9-5-3-6-10-22)23-11-7-4-8-12-23/h3-14,19,25H,15-18H2,1-2H3,(H,27,30). The van der Waals surface area contributed by atoms with Crippen LogP contribution >= 0.6 is 12.2 Å².